The molecule has 8 nitrogen and oxygen atoms in total. The van der Waals surface area contributed by atoms with Gasteiger partial charge in [0.15, 0.2) is 0 Å². The van der Waals surface area contributed by atoms with Crippen LogP contribution < -0.4 is 19.7 Å². The van der Waals surface area contributed by atoms with Crippen LogP contribution in [0.1, 0.15) is 10.4 Å². The van der Waals surface area contributed by atoms with Crippen molar-refractivity contribution in [2.75, 3.05) is 39.3 Å². The van der Waals surface area contributed by atoms with Crippen LogP contribution in [0.25, 0.3) is 0 Å². The van der Waals surface area contributed by atoms with Gasteiger partial charge in [-0.3, -0.25) is 14.9 Å². The number of nitro groups is 1. The number of anilines is 1. The van der Waals surface area contributed by atoms with Crippen molar-refractivity contribution in [3.8, 4) is 11.5 Å². The summed E-state index contributed by atoms with van der Waals surface area (Å²) in [5, 5.41) is 13.9. The molecule has 26 heavy (non-hydrogen) atoms. The van der Waals surface area contributed by atoms with Crippen molar-refractivity contribution in [3.63, 3.8) is 0 Å². The summed E-state index contributed by atoms with van der Waals surface area (Å²) in [7, 11) is 5.00. The molecule has 0 atom stereocenters. The number of carbonyl (C=O) groups excluding carboxylic acids is 1. The van der Waals surface area contributed by atoms with Gasteiger partial charge in [0.1, 0.15) is 23.8 Å². The number of benzene rings is 2. The lowest BCUT2D eigenvalue weighted by atomic mass is 10.1. The Morgan fingerprint density at radius 1 is 1.15 bits per heavy atom. The third kappa shape index (κ3) is 4.85. The van der Waals surface area contributed by atoms with Gasteiger partial charge in [-0.1, -0.05) is 0 Å². The summed E-state index contributed by atoms with van der Waals surface area (Å²) in [4.78, 5) is 24.5. The highest BCUT2D eigenvalue weighted by Crippen LogP contribution is 2.27. The number of methoxy groups -OCH3 is 1. The highest BCUT2D eigenvalue weighted by molar-refractivity contribution is 5.95. The molecule has 2 rings (SSSR count). The predicted molar refractivity (Wildman–Crippen MR) is 98.2 cm³/mol. The van der Waals surface area contributed by atoms with Crippen molar-refractivity contribution >= 4 is 17.3 Å². The quantitative estimate of drug-likeness (QED) is 0.442. The maximum atomic E-state index is 12.2. The van der Waals surface area contributed by atoms with E-state index in [1.807, 2.05) is 0 Å². The number of hydrogen-bond donors (Lipinski definition) is 1. The van der Waals surface area contributed by atoms with Gasteiger partial charge in [0.2, 0.25) is 0 Å². The SMILES string of the molecule is COc1ccc(OCCNC(=O)c2ccc(N(C)C)c([N+](=O)[O-])c2)cc1. The molecule has 0 unspecified atom stereocenters. The molecule has 1 N–H and O–H groups in total. The van der Waals surface area contributed by atoms with E-state index in [1.165, 1.54) is 6.07 Å². The van der Waals surface area contributed by atoms with Crippen LogP contribution in [0.4, 0.5) is 11.4 Å². The van der Waals surface area contributed by atoms with Crippen LogP contribution in [0.5, 0.6) is 11.5 Å². The molecule has 8 heteroatoms. The molecule has 0 heterocycles. The fourth-order valence-corrected chi connectivity index (χ4v) is 2.30. The summed E-state index contributed by atoms with van der Waals surface area (Å²) in [6.07, 6.45) is 0. The van der Waals surface area contributed by atoms with Crippen LogP contribution in [0.15, 0.2) is 42.5 Å². The first-order chi connectivity index (χ1) is 12.4. The molecule has 2 aromatic carbocycles. The molecule has 0 saturated carbocycles. The molecule has 0 spiro atoms. The smallest absolute Gasteiger partial charge is 0.293 e. The predicted octanol–water partition coefficient (Wildman–Crippen LogP) is 2.48. The van der Waals surface area contributed by atoms with Gasteiger partial charge in [-0.25, -0.2) is 0 Å². The molecular formula is C18H21N3O5. The van der Waals surface area contributed by atoms with Crippen molar-refractivity contribution in [2.24, 2.45) is 0 Å². The third-order valence-electron chi connectivity index (χ3n) is 3.63. The minimum atomic E-state index is -0.501. The van der Waals surface area contributed by atoms with E-state index in [4.69, 9.17) is 9.47 Å². The lowest BCUT2D eigenvalue weighted by molar-refractivity contribution is -0.384. The Hall–Kier alpha value is -3.29. The van der Waals surface area contributed by atoms with Crippen LogP contribution in [-0.4, -0.2) is 45.2 Å². The van der Waals surface area contributed by atoms with Crippen molar-refractivity contribution in [2.45, 2.75) is 0 Å². The van der Waals surface area contributed by atoms with Crippen LogP contribution >= 0.6 is 0 Å². The van der Waals surface area contributed by atoms with E-state index in [0.717, 1.165) is 5.75 Å². The zero-order chi connectivity index (χ0) is 19.1. The van der Waals surface area contributed by atoms with E-state index >= 15 is 0 Å². The summed E-state index contributed by atoms with van der Waals surface area (Å²) in [5.74, 6) is 0.996. The maximum absolute atomic E-state index is 12.2. The Labute approximate surface area is 151 Å². The molecule has 0 aliphatic carbocycles. The van der Waals surface area contributed by atoms with Crippen molar-refractivity contribution in [1.29, 1.82) is 0 Å². The van der Waals surface area contributed by atoms with E-state index in [0.29, 0.717) is 11.4 Å². The number of rotatable bonds is 8. The van der Waals surface area contributed by atoms with Crippen LogP contribution in [0.2, 0.25) is 0 Å². The van der Waals surface area contributed by atoms with E-state index in [9.17, 15) is 14.9 Å². The summed E-state index contributed by atoms with van der Waals surface area (Å²) >= 11 is 0. The molecule has 1 amide bonds. The van der Waals surface area contributed by atoms with Gasteiger partial charge in [0.05, 0.1) is 18.6 Å². The van der Waals surface area contributed by atoms with E-state index in [1.54, 1.807) is 62.5 Å². The molecule has 0 bridgehead atoms. The number of nitro benzene ring substituents is 1. The Balaban J connectivity index is 1.91. The van der Waals surface area contributed by atoms with Crippen molar-refractivity contribution < 1.29 is 19.2 Å². The molecule has 0 aliphatic rings. The van der Waals surface area contributed by atoms with Gasteiger partial charge in [-0.2, -0.15) is 0 Å². The Morgan fingerprint density at radius 3 is 2.38 bits per heavy atom. The van der Waals surface area contributed by atoms with Gasteiger partial charge in [0.25, 0.3) is 11.6 Å². The second-order valence-corrected chi connectivity index (χ2v) is 5.63. The number of carbonyl (C=O) groups is 1. The molecule has 0 saturated heterocycles. The van der Waals surface area contributed by atoms with E-state index < -0.39 is 10.8 Å². The zero-order valence-corrected chi connectivity index (χ0v) is 14.9. The third-order valence-corrected chi connectivity index (χ3v) is 3.63. The fourth-order valence-electron chi connectivity index (χ4n) is 2.30. The van der Waals surface area contributed by atoms with Crippen LogP contribution in [0.3, 0.4) is 0 Å². The summed E-state index contributed by atoms with van der Waals surface area (Å²) < 4.78 is 10.6. The number of hydrogen-bond acceptors (Lipinski definition) is 6. The molecule has 0 radical (unpaired) electrons. The number of ether oxygens (including phenoxy) is 2. The Bertz CT molecular complexity index is 775. The first kappa shape index (κ1) is 19.0. The molecule has 138 valence electrons. The molecule has 0 aliphatic heterocycles. The number of nitrogens with one attached hydrogen (secondary N) is 1. The lowest BCUT2D eigenvalue weighted by Crippen LogP contribution is -2.28. The average molecular weight is 359 g/mol. The lowest BCUT2D eigenvalue weighted by Gasteiger charge is -2.13. The largest absolute Gasteiger partial charge is 0.497 e. The van der Waals surface area contributed by atoms with Gasteiger partial charge in [0, 0.05) is 25.7 Å². The standard InChI is InChI=1S/C18H21N3O5/c1-20(2)16-9-4-13(12-17(16)21(23)24)18(22)19-10-11-26-15-7-5-14(25-3)6-8-15/h4-9,12H,10-11H2,1-3H3,(H,19,22). The Morgan fingerprint density at radius 2 is 1.81 bits per heavy atom. The summed E-state index contributed by atoms with van der Waals surface area (Å²) in [5.41, 5.74) is 0.554. The van der Waals surface area contributed by atoms with Crippen LogP contribution in [-0.2, 0) is 0 Å². The number of amides is 1. The molecular weight excluding hydrogens is 338 g/mol. The normalized spacial score (nSPS) is 10.1. The topological polar surface area (TPSA) is 93.9 Å². The second-order valence-electron chi connectivity index (χ2n) is 5.63. The van der Waals surface area contributed by atoms with Gasteiger partial charge in [-0.05, 0) is 36.4 Å². The minimum Gasteiger partial charge on any atom is -0.497 e. The van der Waals surface area contributed by atoms with Gasteiger partial charge >= 0.3 is 0 Å². The highest BCUT2D eigenvalue weighted by atomic mass is 16.6. The number of nitrogens with zero attached hydrogens (tertiary/aromatic N) is 2. The zero-order valence-electron chi connectivity index (χ0n) is 14.9. The second kappa shape index (κ2) is 8.70. The van der Waals surface area contributed by atoms with E-state index in [-0.39, 0.29) is 24.4 Å². The van der Waals surface area contributed by atoms with E-state index in [2.05, 4.69) is 5.32 Å². The van der Waals surface area contributed by atoms with Crippen LogP contribution in [0, 0.1) is 10.1 Å². The maximum Gasteiger partial charge on any atom is 0.293 e. The fraction of sp³-hybridized carbons (Fsp3) is 0.278. The molecule has 0 aromatic heterocycles. The minimum absolute atomic E-state index is 0.114. The Kier molecular flexibility index (Phi) is 6.37. The van der Waals surface area contributed by atoms with Gasteiger partial charge in [-0.15, -0.1) is 0 Å². The van der Waals surface area contributed by atoms with Crippen molar-refractivity contribution in [3.05, 3.63) is 58.1 Å². The first-order valence-corrected chi connectivity index (χ1v) is 7.93. The highest BCUT2D eigenvalue weighted by Gasteiger charge is 2.18. The first-order valence-electron chi connectivity index (χ1n) is 7.93. The average Bonchev–Trinajstić information content (AvgIpc) is 2.64. The summed E-state index contributed by atoms with van der Waals surface area (Å²) in [6.45, 7) is 0.546. The van der Waals surface area contributed by atoms with Gasteiger partial charge < -0.3 is 19.7 Å². The summed E-state index contributed by atoms with van der Waals surface area (Å²) in [6, 6.07) is 11.5. The monoisotopic (exact) mass is 359 g/mol. The molecule has 0 fully saturated rings. The molecule has 2 aromatic rings. The van der Waals surface area contributed by atoms with Crippen molar-refractivity contribution in [1.82, 2.24) is 5.32 Å².